The van der Waals surface area contributed by atoms with E-state index in [0.717, 1.165) is 38.7 Å². The molecule has 0 aromatic heterocycles. The lowest BCUT2D eigenvalue weighted by Crippen LogP contribution is -2.79. The van der Waals surface area contributed by atoms with Crippen LogP contribution in [0.5, 0.6) is 0 Å². The predicted octanol–water partition coefficient (Wildman–Crippen LogP) is 3.13. The minimum Gasteiger partial charge on any atom is -0.467 e. The highest BCUT2D eigenvalue weighted by Gasteiger charge is 2.86. The quantitative estimate of drug-likeness (QED) is 0.0851. The number of allylic oxidation sites excluding steroid dienone is 1. The van der Waals surface area contributed by atoms with E-state index in [-0.39, 0.29) is 18.3 Å². The van der Waals surface area contributed by atoms with Crippen LogP contribution in [0.15, 0.2) is 54.6 Å². The summed E-state index contributed by atoms with van der Waals surface area (Å²) in [6.45, 7) is 13.2. The summed E-state index contributed by atoms with van der Waals surface area (Å²) in [4.78, 5) is 65.4. The number of hydrogen-bond donors (Lipinski definition) is 2. The summed E-state index contributed by atoms with van der Waals surface area (Å²) < 4.78 is 31.9. The van der Waals surface area contributed by atoms with Gasteiger partial charge in [0.25, 0.3) is 5.60 Å². The Kier molecular flexibility index (Phi) is 12.9. The highest BCUT2D eigenvalue weighted by Crippen LogP contribution is 2.54. The number of aliphatic hydroxyl groups is 2. The van der Waals surface area contributed by atoms with Gasteiger partial charge in [-0.15, -0.1) is 0 Å². The fourth-order valence-corrected chi connectivity index (χ4v) is 6.44. The van der Waals surface area contributed by atoms with E-state index < -0.39 is 71.6 Å². The molecule has 2 saturated heterocycles. The first-order chi connectivity index (χ1) is 23.0. The highest BCUT2D eigenvalue weighted by atomic mass is 16.8. The molecule has 2 N–H and O–H groups in total. The van der Waals surface area contributed by atoms with Crippen LogP contribution >= 0.6 is 0 Å². The molecule has 0 aliphatic carbocycles. The van der Waals surface area contributed by atoms with Gasteiger partial charge < -0.3 is 38.6 Å². The third-order valence-corrected chi connectivity index (χ3v) is 9.22. The Bertz CT molecular complexity index is 1420. The molecule has 0 radical (unpaired) electrons. The molecule has 1 aromatic rings. The van der Waals surface area contributed by atoms with Crippen molar-refractivity contribution in [3.63, 3.8) is 0 Å². The lowest BCUT2D eigenvalue weighted by Gasteiger charge is -2.49. The van der Waals surface area contributed by atoms with Crippen molar-refractivity contribution in [2.75, 3.05) is 14.2 Å². The number of benzene rings is 1. The molecular formula is C36H48O13. The second kappa shape index (κ2) is 16.1. The third kappa shape index (κ3) is 7.89. The second-order valence-electron chi connectivity index (χ2n) is 13.0. The van der Waals surface area contributed by atoms with E-state index in [4.69, 9.17) is 28.4 Å². The van der Waals surface area contributed by atoms with Gasteiger partial charge in [0.05, 0.1) is 14.2 Å². The van der Waals surface area contributed by atoms with Gasteiger partial charge in [0, 0.05) is 25.3 Å². The van der Waals surface area contributed by atoms with Crippen molar-refractivity contribution in [2.24, 2.45) is 17.8 Å². The molecule has 3 rings (SSSR count). The van der Waals surface area contributed by atoms with Gasteiger partial charge >= 0.3 is 35.4 Å². The fraction of sp³-hybridized carbons (Fsp3) is 0.583. The van der Waals surface area contributed by atoms with Crippen LogP contribution in [0.25, 0.3) is 0 Å². The summed E-state index contributed by atoms with van der Waals surface area (Å²) in [7, 11) is 1.73. The molecular weight excluding hydrogens is 640 g/mol. The van der Waals surface area contributed by atoms with Crippen LogP contribution in [0.4, 0.5) is 0 Å². The third-order valence-electron chi connectivity index (χ3n) is 9.22. The lowest BCUT2D eigenvalue weighted by molar-refractivity contribution is -0.339. The molecule has 2 aliphatic rings. The van der Waals surface area contributed by atoms with Crippen LogP contribution in [0.1, 0.15) is 65.9 Å². The van der Waals surface area contributed by atoms with Gasteiger partial charge in [0.1, 0.15) is 6.10 Å². The van der Waals surface area contributed by atoms with Crippen LogP contribution in [0.2, 0.25) is 0 Å². The van der Waals surface area contributed by atoms with Crippen LogP contribution in [-0.2, 0) is 58.8 Å². The van der Waals surface area contributed by atoms with Crippen molar-refractivity contribution in [1.29, 1.82) is 0 Å². The molecule has 2 heterocycles. The molecule has 270 valence electrons. The minimum absolute atomic E-state index is 0.0593. The average Bonchev–Trinajstić information content (AvgIpc) is 3.37. The van der Waals surface area contributed by atoms with E-state index in [1.807, 2.05) is 51.1 Å². The van der Waals surface area contributed by atoms with Crippen molar-refractivity contribution in [1.82, 2.24) is 0 Å². The maximum atomic E-state index is 13.6. The van der Waals surface area contributed by atoms with Crippen LogP contribution in [0.3, 0.4) is 0 Å². The van der Waals surface area contributed by atoms with Gasteiger partial charge in [-0.25, -0.2) is 19.2 Å². The van der Waals surface area contributed by atoms with Crippen LogP contribution in [-0.4, -0.2) is 89.6 Å². The molecule has 0 spiro atoms. The summed E-state index contributed by atoms with van der Waals surface area (Å²) in [6, 6.07) is 9.47. The number of fused-ring (bicyclic) bond motifs is 2. The zero-order valence-corrected chi connectivity index (χ0v) is 29.1. The minimum atomic E-state index is -3.45. The fourth-order valence-electron chi connectivity index (χ4n) is 6.44. The van der Waals surface area contributed by atoms with Gasteiger partial charge in [0.2, 0.25) is 5.79 Å². The maximum absolute atomic E-state index is 13.6. The Morgan fingerprint density at radius 1 is 1.06 bits per heavy atom. The lowest BCUT2D eigenvalue weighted by atomic mass is 9.72. The first kappa shape index (κ1) is 39.4. The van der Waals surface area contributed by atoms with Gasteiger partial charge in [0.15, 0.2) is 12.2 Å². The maximum Gasteiger partial charge on any atom is 0.357 e. The van der Waals surface area contributed by atoms with Crippen molar-refractivity contribution < 1.29 is 62.6 Å². The monoisotopic (exact) mass is 688 g/mol. The summed E-state index contributed by atoms with van der Waals surface area (Å²) in [5, 5.41) is 23.6. The number of ether oxygens (including phenoxy) is 6. The average molecular weight is 689 g/mol. The number of aliphatic hydroxyl groups excluding tert-OH is 1. The Hall–Kier alpha value is -4.07. The molecule has 49 heavy (non-hydrogen) atoms. The standard InChI is InChI=1S/C36H48O13/c1-9-21(2)19-22(3)15-16-27(38)47-30-29(39)34(48-33(42)36(49-34,32(41)45-8)35(30,43)31(40)44-7)18-17-23(4)28(46-25(6)37)24(5)20-26-13-11-10-12-14-26/h10-16,21-22,24,28-30,39,43H,4,9,17-20H2,1-3,5-8H3/b16-15+/t21-,22+,24+,28+,29+,30+,34+,35-,36+/m0/s1. The van der Waals surface area contributed by atoms with E-state index in [0.29, 0.717) is 17.9 Å². The molecule has 1 aromatic carbocycles. The Morgan fingerprint density at radius 3 is 2.27 bits per heavy atom. The van der Waals surface area contributed by atoms with Gasteiger partial charge in [-0.05, 0) is 42.2 Å². The van der Waals surface area contributed by atoms with Crippen LogP contribution in [0, 0.1) is 17.8 Å². The SMILES string of the molecule is C=C(CC[C@@]12OC(=O)[C@@](C(=O)OC)(O1)[C@@](O)(C(=O)OC)[C@H](OC(=O)/C=C/[C@@H](C)C[C@@H](C)CC)[C@H]2O)[C@@H](OC(C)=O)[C@H](C)Cc1ccccc1. The molecule has 0 saturated carbocycles. The Morgan fingerprint density at radius 2 is 1.69 bits per heavy atom. The highest BCUT2D eigenvalue weighted by molar-refractivity contribution is 6.12. The number of rotatable bonds is 16. The molecule has 9 atom stereocenters. The van der Waals surface area contributed by atoms with Crippen molar-refractivity contribution in [3.8, 4) is 0 Å². The second-order valence-corrected chi connectivity index (χ2v) is 13.0. The van der Waals surface area contributed by atoms with E-state index in [9.17, 15) is 34.2 Å². The van der Waals surface area contributed by atoms with Gasteiger partial charge in [-0.3, -0.25) is 4.79 Å². The number of esters is 5. The molecule has 2 aliphatic heterocycles. The first-order valence-electron chi connectivity index (χ1n) is 16.3. The van der Waals surface area contributed by atoms with Crippen molar-refractivity contribution in [3.05, 3.63) is 60.2 Å². The zero-order valence-electron chi connectivity index (χ0n) is 29.1. The van der Waals surface area contributed by atoms with Crippen molar-refractivity contribution in [2.45, 2.75) is 102 Å². The predicted molar refractivity (Wildman–Crippen MR) is 173 cm³/mol. The van der Waals surface area contributed by atoms with E-state index >= 15 is 0 Å². The number of carbonyl (C=O) groups is 5. The van der Waals surface area contributed by atoms with E-state index in [1.165, 1.54) is 6.92 Å². The first-order valence-corrected chi connectivity index (χ1v) is 16.3. The summed E-state index contributed by atoms with van der Waals surface area (Å²) in [5.41, 5.74) is -5.38. The van der Waals surface area contributed by atoms with E-state index in [1.54, 1.807) is 6.08 Å². The zero-order chi connectivity index (χ0) is 36.7. The number of methoxy groups -OCH3 is 2. The van der Waals surface area contributed by atoms with Gasteiger partial charge in [-0.1, -0.05) is 77.1 Å². The molecule has 0 unspecified atom stereocenters. The topological polar surface area (TPSA) is 181 Å². The molecule has 2 fully saturated rings. The smallest absolute Gasteiger partial charge is 0.357 e. The summed E-state index contributed by atoms with van der Waals surface area (Å²) in [5.74, 6) is -8.88. The summed E-state index contributed by atoms with van der Waals surface area (Å²) in [6.07, 6.45) is -1.13. The Labute approximate surface area is 286 Å². The molecule has 13 heteroatoms. The molecule has 13 nitrogen and oxygen atoms in total. The normalized spacial score (nSPS) is 28.5. The largest absolute Gasteiger partial charge is 0.467 e. The molecule has 0 amide bonds. The number of carbonyl (C=O) groups excluding carboxylic acids is 5. The Balaban J connectivity index is 2.00. The van der Waals surface area contributed by atoms with Crippen molar-refractivity contribution >= 4 is 29.8 Å². The summed E-state index contributed by atoms with van der Waals surface area (Å²) >= 11 is 0. The van der Waals surface area contributed by atoms with Crippen LogP contribution < -0.4 is 0 Å². The van der Waals surface area contributed by atoms with E-state index in [2.05, 4.69) is 13.5 Å². The number of hydrogen-bond acceptors (Lipinski definition) is 13. The molecule has 2 bridgehead atoms. The van der Waals surface area contributed by atoms with Gasteiger partial charge in [-0.2, -0.15) is 0 Å².